The molecule has 0 radical (unpaired) electrons. The number of carbonyl (C=O) groups excluding carboxylic acids is 1. The van der Waals surface area contributed by atoms with Gasteiger partial charge in [0, 0.05) is 5.39 Å². The summed E-state index contributed by atoms with van der Waals surface area (Å²) in [7, 11) is 0. The number of hydrogen-bond donors (Lipinski definition) is 0. The first kappa shape index (κ1) is 12.5. The molecule has 0 N–H and O–H groups in total. The number of aromatic nitrogens is 1. The second kappa shape index (κ2) is 4.85. The van der Waals surface area contributed by atoms with Crippen LogP contribution < -0.4 is 0 Å². The number of esters is 1. The van der Waals surface area contributed by atoms with Gasteiger partial charge < -0.3 is 13.6 Å². The fourth-order valence-electron chi connectivity index (χ4n) is 2.04. The largest absolute Gasteiger partial charge is 0.461 e. The van der Waals surface area contributed by atoms with E-state index in [9.17, 15) is 4.79 Å². The maximum Gasteiger partial charge on any atom is 0.361 e. The first-order valence-electron chi connectivity index (χ1n) is 6.30. The highest BCUT2D eigenvalue weighted by molar-refractivity contribution is 5.94. The third-order valence-electron chi connectivity index (χ3n) is 2.93. The van der Waals surface area contributed by atoms with Crippen molar-refractivity contribution in [2.75, 3.05) is 6.61 Å². The van der Waals surface area contributed by atoms with Crippen molar-refractivity contribution >= 4 is 16.9 Å². The summed E-state index contributed by atoms with van der Waals surface area (Å²) in [4.78, 5) is 15.7. The van der Waals surface area contributed by atoms with Crippen LogP contribution in [0.25, 0.3) is 22.5 Å². The molecule has 0 aliphatic rings. The molecule has 0 aliphatic heterocycles. The molecule has 20 heavy (non-hydrogen) atoms. The molecule has 5 heteroatoms. The van der Waals surface area contributed by atoms with Gasteiger partial charge in [0.05, 0.1) is 6.61 Å². The van der Waals surface area contributed by atoms with Gasteiger partial charge in [-0.25, -0.2) is 9.78 Å². The van der Waals surface area contributed by atoms with Gasteiger partial charge in [-0.05, 0) is 32.0 Å². The predicted molar refractivity (Wildman–Crippen MR) is 72.4 cm³/mol. The number of nitrogens with zero attached hydrogens (tertiary/aromatic N) is 1. The molecule has 102 valence electrons. The number of ether oxygens (including phenoxy) is 1. The Kier molecular flexibility index (Phi) is 3.02. The molecule has 0 spiro atoms. The molecule has 0 saturated carbocycles. The molecule has 3 aromatic rings. The molecule has 0 amide bonds. The normalized spacial score (nSPS) is 10.9. The Morgan fingerprint density at radius 2 is 2.20 bits per heavy atom. The van der Waals surface area contributed by atoms with E-state index >= 15 is 0 Å². The van der Waals surface area contributed by atoms with Crippen LogP contribution in [0.1, 0.15) is 23.0 Å². The lowest BCUT2D eigenvalue weighted by Gasteiger charge is -1.98. The first-order chi connectivity index (χ1) is 9.69. The van der Waals surface area contributed by atoms with Crippen LogP contribution in [-0.4, -0.2) is 17.6 Å². The smallest absolute Gasteiger partial charge is 0.361 e. The summed E-state index contributed by atoms with van der Waals surface area (Å²) < 4.78 is 15.9. The molecule has 5 nitrogen and oxygen atoms in total. The van der Waals surface area contributed by atoms with E-state index in [2.05, 4.69) is 4.98 Å². The maximum absolute atomic E-state index is 11.8. The third kappa shape index (κ3) is 2.07. The summed E-state index contributed by atoms with van der Waals surface area (Å²) in [5.74, 6) is 0.233. The third-order valence-corrected chi connectivity index (χ3v) is 2.93. The van der Waals surface area contributed by atoms with Crippen LogP contribution in [0, 0.1) is 6.92 Å². The molecule has 3 rings (SSSR count). The average molecular weight is 271 g/mol. The van der Waals surface area contributed by atoms with E-state index in [0.29, 0.717) is 5.76 Å². The Bertz CT molecular complexity index is 769. The lowest BCUT2D eigenvalue weighted by molar-refractivity contribution is 0.0520. The van der Waals surface area contributed by atoms with Crippen LogP contribution in [0.3, 0.4) is 0 Å². The van der Waals surface area contributed by atoms with Crippen molar-refractivity contribution in [3.05, 3.63) is 41.9 Å². The maximum atomic E-state index is 11.8. The monoisotopic (exact) mass is 271 g/mol. The number of aryl methyl sites for hydroxylation is 1. The number of carbonyl (C=O) groups is 1. The lowest BCUT2D eigenvalue weighted by Crippen LogP contribution is -2.06. The molecular weight excluding hydrogens is 258 g/mol. The number of rotatable bonds is 3. The Balaban J connectivity index is 2.07. The molecule has 0 bridgehead atoms. The lowest BCUT2D eigenvalue weighted by atomic mass is 10.2. The van der Waals surface area contributed by atoms with Gasteiger partial charge in [0.2, 0.25) is 5.76 Å². The number of oxazole rings is 1. The van der Waals surface area contributed by atoms with Crippen molar-refractivity contribution in [2.45, 2.75) is 13.8 Å². The second-order valence-corrected chi connectivity index (χ2v) is 4.40. The van der Waals surface area contributed by atoms with E-state index in [1.54, 1.807) is 6.92 Å². The fourth-order valence-corrected chi connectivity index (χ4v) is 2.04. The highest BCUT2D eigenvalue weighted by Gasteiger charge is 2.22. The van der Waals surface area contributed by atoms with E-state index < -0.39 is 5.97 Å². The minimum atomic E-state index is -0.520. The zero-order chi connectivity index (χ0) is 14.1. The van der Waals surface area contributed by atoms with Crippen LogP contribution in [0.2, 0.25) is 0 Å². The molecule has 0 fully saturated rings. The Morgan fingerprint density at radius 3 is 3.00 bits per heavy atom. The molecule has 0 saturated heterocycles. The van der Waals surface area contributed by atoms with Crippen molar-refractivity contribution in [1.29, 1.82) is 0 Å². The summed E-state index contributed by atoms with van der Waals surface area (Å²) in [6.07, 6.45) is 1.21. The molecule has 0 unspecified atom stereocenters. The molecule has 2 heterocycles. The summed E-state index contributed by atoms with van der Waals surface area (Å²) in [6.45, 7) is 4.02. The van der Waals surface area contributed by atoms with Gasteiger partial charge in [0.15, 0.2) is 17.8 Å². The van der Waals surface area contributed by atoms with Gasteiger partial charge in [0.1, 0.15) is 5.58 Å². The van der Waals surface area contributed by atoms with Gasteiger partial charge in [-0.3, -0.25) is 0 Å². The number of furan rings is 1. The SMILES string of the molecule is CCOC(=O)c1ncoc1-c1cc2cc(C)ccc2o1. The van der Waals surface area contributed by atoms with Gasteiger partial charge in [-0.2, -0.15) is 0 Å². The topological polar surface area (TPSA) is 65.5 Å². The Hall–Kier alpha value is -2.56. The molecule has 0 aliphatic carbocycles. The zero-order valence-corrected chi connectivity index (χ0v) is 11.2. The van der Waals surface area contributed by atoms with Crippen LogP contribution in [0.4, 0.5) is 0 Å². The van der Waals surface area contributed by atoms with Crippen LogP contribution in [-0.2, 0) is 4.74 Å². The highest BCUT2D eigenvalue weighted by atomic mass is 16.5. The van der Waals surface area contributed by atoms with Crippen molar-refractivity contribution < 1.29 is 18.4 Å². The number of hydrogen-bond acceptors (Lipinski definition) is 5. The summed E-state index contributed by atoms with van der Waals surface area (Å²) in [6, 6.07) is 7.67. The van der Waals surface area contributed by atoms with Gasteiger partial charge in [-0.15, -0.1) is 0 Å². The second-order valence-electron chi connectivity index (χ2n) is 4.40. The van der Waals surface area contributed by atoms with Crippen molar-refractivity contribution in [3.8, 4) is 11.5 Å². The Morgan fingerprint density at radius 1 is 1.35 bits per heavy atom. The van der Waals surface area contributed by atoms with Gasteiger partial charge >= 0.3 is 5.97 Å². The van der Waals surface area contributed by atoms with Crippen LogP contribution in [0.5, 0.6) is 0 Å². The van der Waals surface area contributed by atoms with Crippen molar-refractivity contribution in [3.63, 3.8) is 0 Å². The van der Waals surface area contributed by atoms with Crippen molar-refractivity contribution in [2.24, 2.45) is 0 Å². The van der Waals surface area contributed by atoms with Crippen LogP contribution in [0.15, 0.2) is 39.5 Å². The summed E-state index contributed by atoms with van der Waals surface area (Å²) in [5.41, 5.74) is 1.99. The summed E-state index contributed by atoms with van der Waals surface area (Å²) >= 11 is 0. The minimum Gasteiger partial charge on any atom is -0.461 e. The standard InChI is InChI=1S/C15H13NO4/c1-3-18-15(17)13-14(19-8-16-13)12-7-10-6-9(2)4-5-11(10)20-12/h4-8H,3H2,1-2H3. The summed E-state index contributed by atoms with van der Waals surface area (Å²) in [5, 5.41) is 0.950. The minimum absolute atomic E-state index is 0.127. The average Bonchev–Trinajstić information content (AvgIpc) is 3.04. The van der Waals surface area contributed by atoms with E-state index in [0.717, 1.165) is 16.5 Å². The number of benzene rings is 1. The predicted octanol–water partition coefficient (Wildman–Crippen LogP) is 3.57. The van der Waals surface area contributed by atoms with E-state index in [1.807, 2.05) is 31.2 Å². The molecule has 1 aromatic carbocycles. The molecule has 0 atom stereocenters. The van der Waals surface area contributed by atoms with E-state index in [1.165, 1.54) is 6.39 Å². The quantitative estimate of drug-likeness (QED) is 0.681. The fraction of sp³-hybridized carbons (Fsp3) is 0.200. The Labute approximate surface area is 115 Å². The molecule has 2 aromatic heterocycles. The van der Waals surface area contributed by atoms with Crippen molar-refractivity contribution in [1.82, 2.24) is 4.98 Å². The van der Waals surface area contributed by atoms with E-state index in [4.69, 9.17) is 13.6 Å². The van der Waals surface area contributed by atoms with Crippen LogP contribution >= 0.6 is 0 Å². The highest BCUT2D eigenvalue weighted by Crippen LogP contribution is 2.30. The van der Waals surface area contributed by atoms with Gasteiger partial charge in [-0.1, -0.05) is 11.6 Å². The molecular formula is C15H13NO4. The van der Waals surface area contributed by atoms with E-state index in [-0.39, 0.29) is 18.1 Å². The number of fused-ring (bicyclic) bond motifs is 1. The first-order valence-corrected chi connectivity index (χ1v) is 6.30. The van der Waals surface area contributed by atoms with Gasteiger partial charge in [0.25, 0.3) is 0 Å². The zero-order valence-electron chi connectivity index (χ0n) is 11.2.